The average molecular weight is 251 g/mol. The minimum Gasteiger partial charge on any atom is -0.273 e. The van der Waals surface area contributed by atoms with E-state index >= 15 is 0 Å². The molecule has 0 aliphatic carbocycles. The van der Waals surface area contributed by atoms with E-state index in [2.05, 4.69) is 19.7 Å². The van der Waals surface area contributed by atoms with Gasteiger partial charge in [0, 0.05) is 6.54 Å². The van der Waals surface area contributed by atoms with Crippen LogP contribution >= 0.6 is 11.8 Å². The van der Waals surface area contributed by atoms with Crippen LogP contribution in [0.3, 0.4) is 0 Å². The van der Waals surface area contributed by atoms with Gasteiger partial charge >= 0.3 is 0 Å². The van der Waals surface area contributed by atoms with Crippen LogP contribution in [0.1, 0.15) is 19.3 Å². The van der Waals surface area contributed by atoms with Crippen LogP contribution in [0.15, 0.2) is 38.0 Å². The number of carbonyl (C=O) groups excluding carboxylic acids is 2. The van der Waals surface area contributed by atoms with Crippen molar-refractivity contribution in [3.63, 3.8) is 0 Å². The molecule has 92 valence electrons. The van der Waals surface area contributed by atoms with E-state index in [0.29, 0.717) is 19.3 Å². The highest BCUT2D eigenvalue weighted by Crippen LogP contribution is 2.43. The summed E-state index contributed by atoms with van der Waals surface area (Å²) in [5.41, 5.74) is 0. The molecule has 17 heavy (non-hydrogen) atoms. The smallest absolute Gasteiger partial charge is 0.273 e. The number of carbonyl (C=O) groups is 2. The third-order valence-corrected chi connectivity index (χ3v) is 4.01. The Kier molecular flexibility index (Phi) is 4.75. The zero-order valence-electron chi connectivity index (χ0n) is 9.85. The number of allylic oxidation sites excluding steroid dienone is 2. The first-order valence-electron chi connectivity index (χ1n) is 5.49. The van der Waals surface area contributed by atoms with Gasteiger partial charge in [-0.15, -0.1) is 19.7 Å². The molecule has 2 amide bonds. The zero-order valence-corrected chi connectivity index (χ0v) is 10.7. The zero-order chi connectivity index (χ0) is 12.9. The number of imide groups is 1. The molecule has 1 fully saturated rings. The lowest BCUT2D eigenvalue weighted by molar-refractivity contribution is -0.129. The quantitative estimate of drug-likeness (QED) is 0.652. The maximum absolute atomic E-state index is 12.3. The van der Waals surface area contributed by atoms with Crippen molar-refractivity contribution in [1.29, 1.82) is 0 Å². The molecule has 0 radical (unpaired) electrons. The van der Waals surface area contributed by atoms with E-state index in [4.69, 9.17) is 0 Å². The molecular formula is C13H17NO2S. The molecule has 1 aliphatic rings. The van der Waals surface area contributed by atoms with Crippen molar-refractivity contribution in [2.75, 3.05) is 6.54 Å². The Hall–Kier alpha value is -1.29. The van der Waals surface area contributed by atoms with Crippen LogP contribution in [0.5, 0.6) is 0 Å². The molecule has 0 N–H and O–H groups in total. The minimum atomic E-state index is -0.684. The fourth-order valence-electron chi connectivity index (χ4n) is 1.84. The Morgan fingerprint density at radius 2 is 1.88 bits per heavy atom. The molecule has 1 unspecified atom stereocenters. The average Bonchev–Trinajstić information content (AvgIpc) is 2.53. The van der Waals surface area contributed by atoms with E-state index in [9.17, 15) is 9.59 Å². The maximum atomic E-state index is 12.3. The van der Waals surface area contributed by atoms with Crippen LogP contribution < -0.4 is 0 Å². The Morgan fingerprint density at radius 1 is 1.18 bits per heavy atom. The summed E-state index contributed by atoms with van der Waals surface area (Å²) in [6.07, 6.45) is 6.85. The van der Waals surface area contributed by atoms with Gasteiger partial charge in [0.1, 0.15) is 4.75 Å². The Labute approximate surface area is 106 Å². The molecule has 0 bridgehead atoms. The van der Waals surface area contributed by atoms with Crippen LogP contribution in [0.4, 0.5) is 4.79 Å². The van der Waals surface area contributed by atoms with Gasteiger partial charge in [0.25, 0.3) is 5.24 Å². The summed E-state index contributed by atoms with van der Waals surface area (Å²) in [5, 5.41) is -0.194. The number of hydrogen-bond acceptors (Lipinski definition) is 3. The van der Waals surface area contributed by atoms with Gasteiger partial charge in [-0.3, -0.25) is 14.5 Å². The Balaban J connectivity index is 2.94. The summed E-state index contributed by atoms with van der Waals surface area (Å²) in [6.45, 7) is 11.2. The second-order valence-corrected chi connectivity index (χ2v) is 5.22. The van der Waals surface area contributed by atoms with Gasteiger partial charge in [0.15, 0.2) is 0 Å². The van der Waals surface area contributed by atoms with Crippen molar-refractivity contribution in [2.24, 2.45) is 0 Å². The number of amides is 2. The van der Waals surface area contributed by atoms with E-state index < -0.39 is 4.75 Å². The summed E-state index contributed by atoms with van der Waals surface area (Å²) < 4.78 is -0.684. The lowest BCUT2D eigenvalue weighted by Gasteiger charge is -2.23. The van der Waals surface area contributed by atoms with Crippen molar-refractivity contribution < 1.29 is 9.59 Å². The normalized spacial score (nSPS) is 23.9. The maximum Gasteiger partial charge on any atom is 0.289 e. The molecule has 1 atom stereocenters. The molecule has 0 saturated carbocycles. The van der Waals surface area contributed by atoms with Gasteiger partial charge < -0.3 is 0 Å². The molecule has 1 saturated heterocycles. The molecule has 0 aromatic carbocycles. The fraction of sp³-hybridized carbons (Fsp3) is 0.385. The molecule has 1 rings (SSSR count). The minimum absolute atomic E-state index is 0.130. The van der Waals surface area contributed by atoms with Crippen molar-refractivity contribution in [2.45, 2.75) is 24.0 Å². The van der Waals surface area contributed by atoms with Crippen molar-refractivity contribution in [3.8, 4) is 0 Å². The monoisotopic (exact) mass is 251 g/mol. The molecule has 1 heterocycles. The number of hydrogen-bond donors (Lipinski definition) is 0. The summed E-state index contributed by atoms with van der Waals surface area (Å²) in [4.78, 5) is 25.3. The molecule has 0 aromatic rings. The van der Waals surface area contributed by atoms with Crippen molar-refractivity contribution in [1.82, 2.24) is 4.90 Å². The number of thioether (sulfide) groups is 1. The van der Waals surface area contributed by atoms with E-state index in [1.807, 2.05) is 0 Å². The van der Waals surface area contributed by atoms with Crippen LogP contribution in [-0.4, -0.2) is 27.3 Å². The first kappa shape index (κ1) is 13.8. The van der Waals surface area contributed by atoms with Crippen LogP contribution in [0.2, 0.25) is 0 Å². The second kappa shape index (κ2) is 5.87. The van der Waals surface area contributed by atoms with Gasteiger partial charge in [-0.25, -0.2) is 0 Å². The molecule has 0 spiro atoms. The highest BCUT2D eigenvalue weighted by Gasteiger charge is 2.50. The molecule has 0 aromatic heterocycles. The third kappa shape index (κ3) is 2.69. The lowest BCUT2D eigenvalue weighted by Crippen LogP contribution is -2.39. The Bertz CT molecular complexity index is 364. The highest BCUT2D eigenvalue weighted by atomic mass is 32.2. The fourth-order valence-corrected chi connectivity index (χ4v) is 3.06. The first-order valence-corrected chi connectivity index (χ1v) is 6.30. The van der Waals surface area contributed by atoms with Crippen LogP contribution in [0.25, 0.3) is 0 Å². The molecular weight excluding hydrogens is 234 g/mol. The SMILES string of the molecule is C=CCCC1(CC=C)SC(=O)N(CC=C)C1=O. The van der Waals surface area contributed by atoms with E-state index in [1.165, 1.54) is 4.90 Å². The van der Waals surface area contributed by atoms with Crippen molar-refractivity contribution in [3.05, 3.63) is 38.0 Å². The van der Waals surface area contributed by atoms with Crippen LogP contribution in [-0.2, 0) is 4.79 Å². The van der Waals surface area contributed by atoms with Gasteiger partial charge in [0.2, 0.25) is 5.91 Å². The third-order valence-electron chi connectivity index (χ3n) is 2.68. The second-order valence-electron chi connectivity index (χ2n) is 3.89. The summed E-state index contributed by atoms with van der Waals surface area (Å²) in [6, 6.07) is 0. The standard InChI is InChI=1S/C13H17NO2S/c1-4-7-9-13(8-5-2)11(15)14(10-6-3)12(16)17-13/h4-6H,1-3,7-10H2. The molecule has 1 aliphatic heterocycles. The molecule has 3 nitrogen and oxygen atoms in total. The van der Waals surface area contributed by atoms with Gasteiger partial charge in [-0.05, 0) is 31.0 Å². The topological polar surface area (TPSA) is 37.4 Å². The lowest BCUT2D eigenvalue weighted by atomic mass is 9.96. The van der Waals surface area contributed by atoms with E-state index in [1.54, 1.807) is 18.2 Å². The van der Waals surface area contributed by atoms with E-state index in [0.717, 1.165) is 11.8 Å². The number of nitrogens with zero attached hydrogens (tertiary/aromatic N) is 1. The Morgan fingerprint density at radius 3 is 2.41 bits per heavy atom. The first-order chi connectivity index (χ1) is 8.11. The van der Waals surface area contributed by atoms with Crippen LogP contribution in [0, 0.1) is 0 Å². The van der Waals surface area contributed by atoms with Gasteiger partial charge in [-0.1, -0.05) is 18.2 Å². The summed E-state index contributed by atoms with van der Waals surface area (Å²) in [5.74, 6) is -0.130. The summed E-state index contributed by atoms with van der Waals surface area (Å²) in [7, 11) is 0. The molecule has 4 heteroatoms. The summed E-state index contributed by atoms with van der Waals surface area (Å²) >= 11 is 1.10. The number of rotatable bonds is 7. The van der Waals surface area contributed by atoms with Crippen molar-refractivity contribution >= 4 is 22.9 Å². The largest absolute Gasteiger partial charge is 0.289 e. The predicted molar refractivity (Wildman–Crippen MR) is 71.9 cm³/mol. The highest BCUT2D eigenvalue weighted by molar-refractivity contribution is 8.16. The van der Waals surface area contributed by atoms with E-state index in [-0.39, 0.29) is 17.7 Å². The predicted octanol–water partition coefficient (Wildman–Crippen LogP) is 3.15. The van der Waals surface area contributed by atoms with Gasteiger partial charge in [-0.2, -0.15) is 0 Å². The van der Waals surface area contributed by atoms with Gasteiger partial charge in [0.05, 0.1) is 0 Å².